The van der Waals surface area contributed by atoms with Crippen molar-refractivity contribution < 1.29 is 14.3 Å². The number of aldehydes is 1. The minimum absolute atomic E-state index is 0.178. The first-order valence-corrected chi connectivity index (χ1v) is 5.45. The number of carbonyl (C=O) groups is 2. The SMILES string of the molecule is CCOC(=O)C1(C)C2C=CC(C2)C1C=O. The number of ether oxygens (including phenoxy) is 1. The summed E-state index contributed by atoms with van der Waals surface area (Å²) >= 11 is 0. The number of rotatable bonds is 3. The maximum atomic E-state index is 11.9. The summed E-state index contributed by atoms with van der Waals surface area (Å²) in [4.78, 5) is 23.0. The molecule has 2 aliphatic carbocycles. The van der Waals surface area contributed by atoms with E-state index in [1.165, 1.54) is 0 Å². The largest absolute Gasteiger partial charge is 0.466 e. The zero-order valence-corrected chi connectivity index (χ0v) is 9.10. The number of hydrogen-bond acceptors (Lipinski definition) is 3. The third-order valence-corrected chi connectivity index (χ3v) is 3.90. The molecule has 0 aromatic rings. The van der Waals surface area contributed by atoms with Crippen molar-refractivity contribution in [1.29, 1.82) is 0 Å². The van der Waals surface area contributed by atoms with E-state index in [9.17, 15) is 9.59 Å². The molecule has 0 saturated heterocycles. The van der Waals surface area contributed by atoms with E-state index in [1.54, 1.807) is 6.92 Å². The molecule has 1 fully saturated rings. The predicted octanol–water partition coefficient (Wildman–Crippen LogP) is 1.58. The van der Waals surface area contributed by atoms with Crippen molar-refractivity contribution in [2.75, 3.05) is 6.61 Å². The van der Waals surface area contributed by atoms with Crippen LogP contribution in [0.4, 0.5) is 0 Å². The molecule has 4 atom stereocenters. The first-order chi connectivity index (χ1) is 7.14. The van der Waals surface area contributed by atoms with Gasteiger partial charge in [-0.1, -0.05) is 12.2 Å². The van der Waals surface area contributed by atoms with Crippen molar-refractivity contribution >= 4 is 12.3 Å². The van der Waals surface area contributed by atoms with Crippen molar-refractivity contribution in [2.24, 2.45) is 23.2 Å². The molecule has 82 valence electrons. The van der Waals surface area contributed by atoms with Crippen LogP contribution in [0.3, 0.4) is 0 Å². The van der Waals surface area contributed by atoms with Gasteiger partial charge in [0.1, 0.15) is 6.29 Å². The Morgan fingerprint density at radius 2 is 2.33 bits per heavy atom. The lowest BCUT2D eigenvalue weighted by molar-refractivity contribution is -0.160. The summed E-state index contributed by atoms with van der Waals surface area (Å²) in [7, 11) is 0. The van der Waals surface area contributed by atoms with Gasteiger partial charge in [0.15, 0.2) is 0 Å². The lowest BCUT2D eigenvalue weighted by Crippen LogP contribution is -2.41. The smallest absolute Gasteiger partial charge is 0.313 e. The molecule has 0 aliphatic heterocycles. The van der Waals surface area contributed by atoms with Crippen LogP contribution < -0.4 is 0 Å². The summed E-state index contributed by atoms with van der Waals surface area (Å²) in [6.45, 7) is 4.03. The van der Waals surface area contributed by atoms with Gasteiger partial charge in [-0.3, -0.25) is 4.79 Å². The van der Waals surface area contributed by atoms with Crippen molar-refractivity contribution in [1.82, 2.24) is 0 Å². The fraction of sp³-hybridized carbons (Fsp3) is 0.667. The van der Waals surface area contributed by atoms with Crippen LogP contribution >= 0.6 is 0 Å². The van der Waals surface area contributed by atoms with Gasteiger partial charge in [-0.05, 0) is 32.1 Å². The van der Waals surface area contributed by atoms with Crippen molar-refractivity contribution in [3.63, 3.8) is 0 Å². The molecule has 2 bridgehead atoms. The fourth-order valence-electron chi connectivity index (χ4n) is 2.95. The third kappa shape index (κ3) is 1.25. The van der Waals surface area contributed by atoms with Gasteiger partial charge >= 0.3 is 5.97 Å². The molecule has 0 heterocycles. The molecule has 3 nitrogen and oxygen atoms in total. The van der Waals surface area contributed by atoms with Crippen LogP contribution in [0.25, 0.3) is 0 Å². The Morgan fingerprint density at radius 3 is 2.93 bits per heavy atom. The van der Waals surface area contributed by atoms with E-state index in [4.69, 9.17) is 4.74 Å². The second-order valence-electron chi connectivity index (χ2n) is 4.56. The van der Waals surface area contributed by atoms with Crippen LogP contribution in [0, 0.1) is 23.2 Å². The van der Waals surface area contributed by atoms with Crippen LogP contribution in [0.1, 0.15) is 20.3 Å². The Balaban J connectivity index is 2.29. The molecule has 4 unspecified atom stereocenters. The number of carbonyl (C=O) groups excluding carboxylic acids is 2. The van der Waals surface area contributed by atoms with E-state index in [2.05, 4.69) is 12.2 Å². The average Bonchev–Trinajstić information content (AvgIpc) is 2.77. The first-order valence-electron chi connectivity index (χ1n) is 5.45. The molecule has 0 radical (unpaired) electrons. The van der Waals surface area contributed by atoms with E-state index in [1.807, 2.05) is 6.92 Å². The topological polar surface area (TPSA) is 43.4 Å². The monoisotopic (exact) mass is 208 g/mol. The van der Waals surface area contributed by atoms with E-state index in [-0.39, 0.29) is 23.7 Å². The van der Waals surface area contributed by atoms with Crippen LogP contribution in [0.2, 0.25) is 0 Å². The Bertz CT molecular complexity index is 321. The van der Waals surface area contributed by atoms with Gasteiger partial charge < -0.3 is 9.53 Å². The first kappa shape index (κ1) is 10.4. The second-order valence-corrected chi connectivity index (χ2v) is 4.56. The van der Waals surface area contributed by atoms with Crippen LogP contribution in [0.15, 0.2) is 12.2 Å². The van der Waals surface area contributed by atoms with Gasteiger partial charge in [-0.15, -0.1) is 0 Å². The second kappa shape index (κ2) is 3.47. The summed E-state index contributed by atoms with van der Waals surface area (Å²) in [6.07, 6.45) is 5.95. The third-order valence-electron chi connectivity index (χ3n) is 3.90. The Labute approximate surface area is 89.5 Å². The standard InChI is InChI=1S/C12H16O3/c1-3-15-11(14)12(2)9-5-4-8(6-9)10(12)7-13/h4-5,7-10H,3,6H2,1-2H3. The molecule has 2 rings (SSSR count). The molecule has 2 aliphatic rings. The maximum Gasteiger partial charge on any atom is 0.313 e. The Hall–Kier alpha value is -1.12. The van der Waals surface area contributed by atoms with Gasteiger partial charge in [0, 0.05) is 5.92 Å². The van der Waals surface area contributed by atoms with Crippen molar-refractivity contribution in [3.8, 4) is 0 Å². The molecule has 0 N–H and O–H groups in total. The Kier molecular flexibility index (Phi) is 2.41. The van der Waals surface area contributed by atoms with E-state index >= 15 is 0 Å². The predicted molar refractivity (Wildman–Crippen MR) is 55.0 cm³/mol. The van der Waals surface area contributed by atoms with E-state index in [0.717, 1.165) is 12.7 Å². The Morgan fingerprint density at radius 1 is 1.60 bits per heavy atom. The highest BCUT2D eigenvalue weighted by molar-refractivity contribution is 5.83. The summed E-state index contributed by atoms with van der Waals surface area (Å²) < 4.78 is 5.08. The highest BCUT2D eigenvalue weighted by Gasteiger charge is 2.58. The molecule has 0 aromatic heterocycles. The normalized spacial score (nSPS) is 41.9. The van der Waals surface area contributed by atoms with Crippen molar-refractivity contribution in [2.45, 2.75) is 20.3 Å². The molecule has 3 heteroatoms. The van der Waals surface area contributed by atoms with Gasteiger partial charge in [-0.2, -0.15) is 0 Å². The summed E-state index contributed by atoms with van der Waals surface area (Å²) in [5.41, 5.74) is -0.628. The van der Waals surface area contributed by atoms with Gasteiger partial charge in [0.2, 0.25) is 0 Å². The zero-order chi connectivity index (χ0) is 11.1. The number of esters is 1. The molecular formula is C12H16O3. The van der Waals surface area contributed by atoms with E-state index < -0.39 is 5.41 Å². The minimum atomic E-state index is -0.628. The lowest BCUT2D eigenvalue weighted by atomic mass is 9.70. The van der Waals surface area contributed by atoms with Gasteiger partial charge in [-0.25, -0.2) is 0 Å². The molecular weight excluding hydrogens is 192 g/mol. The van der Waals surface area contributed by atoms with Crippen LogP contribution in [-0.2, 0) is 14.3 Å². The summed E-state index contributed by atoms with van der Waals surface area (Å²) in [5.74, 6) is -0.0100. The maximum absolute atomic E-state index is 11.9. The fourth-order valence-corrected chi connectivity index (χ4v) is 2.95. The summed E-state index contributed by atoms with van der Waals surface area (Å²) in [5, 5.41) is 0. The van der Waals surface area contributed by atoms with Crippen LogP contribution in [-0.4, -0.2) is 18.9 Å². The highest BCUT2D eigenvalue weighted by atomic mass is 16.5. The van der Waals surface area contributed by atoms with Crippen molar-refractivity contribution in [3.05, 3.63) is 12.2 Å². The van der Waals surface area contributed by atoms with E-state index in [0.29, 0.717) is 6.61 Å². The average molecular weight is 208 g/mol. The highest BCUT2D eigenvalue weighted by Crippen LogP contribution is 2.55. The molecule has 0 aromatic carbocycles. The van der Waals surface area contributed by atoms with Gasteiger partial charge in [0.25, 0.3) is 0 Å². The minimum Gasteiger partial charge on any atom is -0.466 e. The number of hydrogen-bond donors (Lipinski definition) is 0. The molecule has 15 heavy (non-hydrogen) atoms. The van der Waals surface area contributed by atoms with Crippen LogP contribution in [0.5, 0.6) is 0 Å². The number of allylic oxidation sites excluding steroid dienone is 2. The molecule has 0 amide bonds. The lowest BCUT2D eigenvalue weighted by Gasteiger charge is -2.33. The quantitative estimate of drug-likeness (QED) is 0.402. The molecule has 1 saturated carbocycles. The summed E-state index contributed by atoms with van der Waals surface area (Å²) in [6, 6.07) is 0. The number of fused-ring (bicyclic) bond motifs is 2. The zero-order valence-electron chi connectivity index (χ0n) is 9.10. The van der Waals surface area contributed by atoms with Gasteiger partial charge in [0.05, 0.1) is 12.0 Å². The molecule has 0 spiro atoms.